The van der Waals surface area contributed by atoms with Crippen LogP contribution in [-0.4, -0.2) is 66.7 Å². The summed E-state index contributed by atoms with van der Waals surface area (Å²) in [5, 5.41) is 0.194. The Kier molecular flexibility index (Phi) is 57.4. The predicted molar refractivity (Wildman–Crippen MR) is 304 cm³/mol. The smallest absolute Gasteiger partial charge is 0.155 e. The van der Waals surface area contributed by atoms with Crippen LogP contribution in [0.15, 0.2) is 0 Å². The van der Waals surface area contributed by atoms with Gasteiger partial charge in [0.05, 0.1) is 79.1 Å². The molecular weight excluding hydrogens is 1770 g/mol. The molecule has 63 heavy (non-hydrogen) atoms. The van der Waals surface area contributed by atoms with E-state index in [0.717, 1.165) is 0 Å². The molecule has 376 valence electrons. The Bertz CT molecular complexity index is 1050. The van der Waals surface area contributed by atoms with Crippen LogP contribution in [0.3, 0.4) is 0 Å². The molecule has 2 aromatic carbocycles. The third-order valence-corrected chi connectivity index (χ3v) is 15.9. The van der Waals surface area contributed by atoms with E-state index in [9.17, 15) is 26.3 Å². The van der Waals surface area contributed by atoms with Crippen molar-refractivity contribution in [3.05, 3.63) is 56.3 Å². The van der Waals surface area contributed by atoms with E-state index >= 15 is 0 Å². The molecule has 0 amide bonds. The second-order valence-electron chi connectivity index (χ2n) is 15.2. The number of hydrogen-bond donors (Lipinski definition) is 0. The fourth-order valence-electron chi connectivity index (χ4n) is 6.45. The van der Waals surface area contributed by atoms with Crippen molar-refractivity contribution in [2.24, 2.45) is 0 Å². The standard InChI is InChI=1S/2C16H36N.2C6F3I3.CH2Cl2.2HI/c2*1-5-9-13-17(14-10-6-2,15-11-7-3)16-12-8-4;2*7-1-4(10)2(8)6(12)3(9)5(1)11;2-1-3;;/h2*5-16H2,1-4H3;;;1H2;2*1H/q2*+1;;;;;/p-2. The van der Waals surface area contributed by atoms with Gasteiger partial charge in [-0.15, -0.1) is 23.2 Å². The zero-order chi connectivity index (χ0) is 47.6. The molecule has 0 spiro atoms. The fourth-order valence-corrected chi connectivity index (χ4v) is 12.8. The van der Waals surface area contributed by atoms with Crippen LogP contribution >= 0.6 is 159 Å². The minimum Gasteiger partial charge on any atom is -1.00 e. The van der Waals surface area contributed by atoms with Crippen molar-refractivity contribution in [3.8, 4) is 0 Å². The molecule has 0 fully saturated rings. The maximum atomic E-state index is 12.9. The molecule has 0 aliphatic heterocycles. The predicted octanol–water partition coefficient (Wildman–Crippen LogP) is 13.3. The summed E-state index contributed by atoms with van der Waals surface area (Å²) in [7, 11) is 0. The minimum absolute atomic E-state index is 0. The average Bonchev–Trinajstić information content (AvgIpc) is 3.27. The summed E-state index contributed by atoms with van der Waals surface area (Å²) in [5.74, 6) is -4.96. The van der Waals surface area contributed by atoms with Crippen LogP contribution in [0.5, 0.6) is 0 Å². The molecule has 0 unspecified atom stereocenters. The van der Waals surface area contributed by atoms with Gasteiger partial charge < -0.3 is 56.9 Å². The molecule has 0 N–H and O–H groups in total. The largest absolute Gasteiger partial charge is 1.00 e. The van der Waals surface area contributed by atoms with Crippen LogP contribution in [-0.2, 0) is 0 Å². The number of hydrogen-bond acceptors (Lipinski definition) is 0. The van der Waals surface area contributed by atoms with Gasteiger partial charge in [-0.25, -0.2) is 26.3 Å². The van der Waals surface area contributed by atoms with Crippen LogP contribution in [0.1, 0.15) is 158 Å². The Hall–Kier alpha value is 4.36. The third-order valence-electron chi connectivity index (χ3n) is 10.2. The van der Waals surface area contributed by atoms with Gasteiger partial charge in [-0.3, -0.25) is 0 Å². The van der Waals surface area contributed by atoms with Crippen molar-refractivity contribution in [2.75, 3.05) is 57.7 Å². The molecule has 2 aromatic rings. The Balaban J connectivity index is -0.000000232. The van der Waals surface area contributed by atoms with Gasteiger partial charge in [0.15, 0.2) is 34.9 Å². The molecule has 0 saturated carbocycles. The first-order chi connectivity index (χ1) is 28.8. The normalized spacial score (nSPS) is 10.8. The fraction of sp³-hybridized carbons (Fsp3) is 0.733. The van der Waals surface area contributed by atoms with Crippen molar-refractivity contribution in [1.29, 1.82) is 0 Å². The van der Waals surface area contributed by atoms with E-state index in [0.29, 0.717) is 0 Å². The summed E-state index contributed by atoms with van der Waals surface area (Å²) in [5.41, 5.74) is 0. The molecule has 2 nitrogen and oxygen atoms in total. The lowest BCUT2D eigenvalue weighted by Gasteiger charge is -2.39. The Labute approximate surface area is 506 Å². The highest BCUT2D eigenvalue weighted by atomic mass is 127. The van der Waals surface area contributed by atoms with E-state index in [2.05, 4.69) is 55.4 Å². The molecule has 0 saturated heterocycles. The third kappa shape index (κ3) is 32.2. The Morgan fingerprint density at radius 1 is 0.302 bits per heavy atom. The highest BCUT2D eigenvalue weighted by Crippen LogP contribution is 2.29. The summed E-state index contributed by atoms with van der Waals surface area (Å²) in [6, 6.07) is 0. The molecule has 0 aliphatic carbocycles. The van der Waals surface area contributed by atoms with Gasteiger partial charge in [-0.2, -0.15) is 0 Å². The first-order valence-corrected chi connectivity index (χ1v) is 29.5. The van der Waals surface area contributed by atoms with Gasteiger partial charge in [-0.1, -0.05) is 107 Å². The van der Waals surface area contributed by atoms with Gasteiger partial charge in [-0.05, 0) is 187 Å². The number of alkyl halides is 2. The minimum atomic E-state index is -0.827. The van der Waals surface area contributed by atoms with Crippen LogP contribution in [0, 0.1) is 56.3 Å². The molecule has 18 heteroatoms. The summed E-state index contributed by atoms with van der Waals surface area (Å²) in [4.78, 5) is 0. The van der Waals surface area contributed by atoms with Crippen molar-refractivity contribution in [1.82, 2.24) is 0 Å². The van der Waals surface area contributed by atoms with Crippen molar-refractivity contribution >= 4 is 159 Å². The van der Waals surface area contributed by atoms with Crippen molar-refractivity contribution in [2.45, 2.75) is 158 Å². The first-order valence-electron chi connectivity index (χ1n) is 22.0. The summed E-state index contributed by atoms with van der Waals surface area (Å²) in [6.07, 6.45) is 22.1. The average molecular weight is 1840 g/mol. The highest BCUT2D eigenvalue weighted by molar-refractivity contribution is 14.1. The molecule has 0 atom stereocenters. The highest BCUT2D eigenvalue weighted by Gasteiger charge is 2.26. The lowest BCUT2D eigenvalue weighted by molar-refractivity contribution is -0.929. The van der Waals surface area contributed by atoms with E-state index in [-0.39, 0.29) is 74.7 Å². The quantitative estimate of drug-likeness (QED) is 0.0245. The summed E-state index contributed by atoms with van der Waals surface area (Å²) in [6.45, 7) is 30.0. The zero-order valence-electron chi connectivity index (χ0n) is 38.6. The monoisotopic (exact) mass is 1840 g/mol. The van der Waals surface area contributed by atoms with E-state index < -0.39 is 34.9 Å². The van der Waals surface area contributed by atoms with Crippen LogP contribution < -0.4 is 48.0 Å². The van der Waals surface area contributed by atoms with E-state index in [1.54, 1.807) is 0 Å². The number of unbranched alkanes of at least 4 members (excludes halogenated alkanes) is 8. The van der Waals surface area contributed by atoms with E-state index in [1.165, 1.54) is 300 Å². The van der Waals surface area contributed by atoms with Crippen molar-refractivity contribution in [3.63, 3.8) is 0 Å². The SMILES string of the molecule is CCCC[N+](CCCC)(CCCC)CCCC.CCCC[N+](CCCC)(CCCC)CCCC.ClCCl.Fc1c(I)c(F)c(I)c(F)c1I.Fc1c(I)c(F)c(I)c(F)c1I.[I-].[I-]. The van der Waals surface area contributed by atoms with Crippen LogP contribution in [0.2, 0.25) is 0 Å². The lowest BCUT2D eigenvalue weighted by Crippen LogP contribution is -3.00. The van der Waals surface area contributed by atoms with Gasteiger partial charge >= 0.3 is 0 Å². The summed E-state index contributed by atoms with van der Waals surface area (Å²) >= 11 is 18.6. The van der Waals surface area contributed by atoms with E-state index in [1.807, 2.05) is 0 Å². The van der Waals surface area contributed by atoms with Gasteiger partial charge in [0.1, 0.15) is 0 Å². The maximum Gasteiger partial charge on any atom is 0.155 e. The number of quaternary nitrogens is 2. The van der Waals surface area contributed by atoms with E-state index in [4.69, 9.17) is 23.2 Å². The van der Waals surface area contributed by atoms with Crippen LogP contribution in [0.4, 0.5) is 26.3 Å². The summed E-state index contributed by atoms with van der Waals surface area (Å²) < 4.78 is 79.5. The number of rotatable bonds is 24. The lowest BCUT2D eigenvalue weighted by atomic mass is 10.1. The molecule has 0 bridgehead atoms. The maximum absolute atomic E-state index is 12.9. The second-order valence-corrected chi connectivity index (χ2v) is 22.4. The number of halogens is 16. The molecule has 2 rings (SSSR count). The van der Waals surface area contributed by atoms with Gasteiger partial charge in [0.25, 0.3) is 0 Å². The molecule has 0 radical (unpaired) electrons. The van der Waals surface area contributed by atoms with Crippen molar-refractivity contribution < 1.29 is 83.3 Å². The zero-order valence-corrected chi connectivity index (χ0v) is 57.4. The molecule has 0 heterocycles. The molecule has 0 aliphatic rings. The topological polar surface area (TPSA) is 0 Å². The Morgan fingerprint density at radius 3 is 0.476 bits per heavy atom. The molecule has 0 aromatic heterocycles. The number of nitrogens with zero attached hydrogens (tertiary/aromatic N) is 2. The van der Waals surface area contributed by atoms with Gasteiger partial charge in [0, 0.05) is 0 Å². The second kappa shape index (κ2) is 47.4. The van der Waals surface area contributed by atoms with Crippen LogP contribution in [0.25, 0.3) is 0 Å². The Morgan fingerprint density at radius 2 is 0.397 bits per heavy atom. The first kappa shape index (κ1) is 76.3. The van der Waals surface area contributed by atoms with Gasteiger partial charge in [0.2, 0.25) is 0 Å². The number of benzene rings is 2. The molecular formula is C45H74Cl2F6I8N2.